The van der Waals surface area contributed by atoms with E-state index < -0.39 is 11.0 Å². The topological polar surface area (TPSA) is 29.4 Å². The molecule has 0 aromatic heterocycles. The molecule has 0 aliphatic rings. The van der Waals surface area contributed by atoms with Crippen LogP contribution in [0.1, 0.15) is 31.9 Å². The second-order valence-corrected chi connectivity index (χ2v) is 6.97. The van der Waals surface area contributed by atoms with E-state index in [0.29, 0.717) is 5.02 Å². The van der Waals surface area contributed by atoms with E-state index in [1.807, 2.05) is 45.9 Å². The van der Waals surface area contributed by atoms with Crippen molar-refractivity contribution in [3.05, 3.63) is 34.3 Å². The lowest BCUT2D eigenvalue weighted by Crippen LogP contribution is -2.19. The molecule has 1 aromatic carbocycles. The predicted molar refractivity (Wildman–Crippen MR) is 71.7 cm³/mol. The Bertz CT molecular complexity index is 435. The maximum Gasteiger partial charge on any atom is 0.144 e. The molecule has 0 aliphatic heterocycles. The molecule has 1 atom stereocenters. The van der Waals surface area contributed by atoms with Crippen LogP contribution >= 0.6 is 11.6 Å². The minimum atomic E-state index is -1.23. The fourth-order valence-electron chi connectivity index (χ4n) is 1.01. The van der Waals surface area contributed by atoms with E-state index in [0.717, 1.165) is 11.1 Å². The number of benzene rings is 1. The molecular formula is C12H16ClNOS. The van der Waals surface area contributed by atoms with Crippen LogP contribution in [0.5, 0.6) is 0 Å². The molecular weight excluding hydrogens is 242 g/mol. The molecule has 88 valence electrons. The highest BCUT2D eigenvalue weighted by Crippen LogP contribution is 2.15. The Morgan fingerprint density at radius 3 is 2.56 bits per heavy atom. The molecule has 0 aliphatic carbocycles. The molecule has 0 radical (unpaired) electrons. The molecule has 0 heterocycles. The van der Waals surface area contributed by atoms with Crippen molar-refractivity contribution < 1.29 is 4.21 Å². The van der Waals surface area contributed by atoms with Crippen molar-refractivity contribution in [2.24, 2.45) is 4.40 Å². The van der Waals surface area contributed by atoms with Crippen LogP contribution in [0.15, 0.2) is 22.6 Å². The van der Waals surface area contributed by atoms with Gasteiger partial charge >= 0.3 is 0 Å². The molecule has 0 unspecified atom stereocenters. The zero-order valence-corrected chi connectivity index (χ0v) is 11.5. The average molecular weight is 258 g/mol. The molecule has 1 rings (SSSR count). The molecule has 0 amide bonds. The maximum atomic E-state index is 11.7. The molecule has 0 saturated heterocycles. The SMILES string of the molecule is Cc1ccc(Cl)cc1C=N[S@@](=O)C(C)(C)C. The zero-order valence-electron chi connectivity index (χ0n) is 9.95. The summed E-state index contributed by atoms with van der Waals surface area (Å²) in [7, 11) is -1.23. The first kappa shape index (κ1) is 13.4. The van der Waals surface area contributed by atoms with Gasteiger partial charge in [0.25, 0.3) is 0 Å². The van der Waals surface area contributed by atoms with E-state index in [9.17, 15) is 4.21 Å². The molecule has 0 bridgehead atoms. The number of rotatable bonds is 2. The highest BCUT2D eigenvalue weighted by atomic mass is 35.5. The molecule has 4 heteroatoms. The standard InChI is InChI=1S/C12H16ClNOS/c1-9-5-6-11(13)7-10(9)8-14-16(15)12(2,3)4/h5-8H,1-4H3/t16-/m0/s1. The third-order valence-electron chi connectivity index (χ3n) is 2.05. The van der Waals surface area contributed by atoms with Gasteiger partial charge in [0, 0.05) is 11.2 Å². The van der Waals surface area contributed by atoms with Crippen molar-refractivity contribution in [2.75, 3.05) is 0 Å². The van der Waals surface area contributed by atoms with Crippen LogP contribution < -0.4 is 0 Å². The van der Waals surface area contributed by atoms with Gasteiger partial charge in [0.05, 0.1) is 4.75 Å². The van der Waals surface area contributed by atoms with Gasteiger partial charge in [0.2, 0.25) is 0 Å². The minimum Gasteiger partial charge on any atom is -0.234 e. The summed E-state index contributed by atoms with van der Waals surface area (Å²) in [6, 6.07) is 5.57. The highest BCUT2D eigenvalue weighted by Gasteiger charge is 2.18. The predicted octanol–water partition coefficient (Wildman–Crippen LogP) is 3.53. The Balaban J connectivity index is 2.93. The summed E-state index contributed by atoms with van der Waals surface area (Å²) in [5.41, 5.74) is 1.98. The van der Waals surface area contributed by atoms with Gasteiger partial charge in [-0.2, -0.15) is 4.40 Å². The monoisotopic (exact) mass is 257 g/mol. The number of aryl methyl sites for hydroxylation is 1. The summed E-state index contributed by atoms with van der Waals surface area (Å²) in [5.74, 6) is 0. The van der Waals surface area contributed by atoms with Crippen LogP contribution in [-0.4, -0.2) is 15.2 Å². The van der Waals surface area contributed by atoms with Crippen molar-refractivity contribution in [1.82, 2.24) is 0 Å². The fraction of sp³-hybridized carbons (Fsp3) is 0.417. The molecule has 0 fully saturated rings. The van der Waals surface area contributed by atoms with Crippen molar-refractivity contribution >= 4 is 28.8 Å². The first-order valence-corrected chi connectivity index (χ1v) is 6.51. The Kier molecular flexibility index (Phi) is 4.28. The zero-order chi connectivity index (χ0) is 12.3. The van der Waals surface area contributed by atoms with Gasteiger partial charge in [-0.1, -0.05) is 17.7 Å². The van der Waals surface area contributed by atoms with Crippen LogP contribution in [0.4, 0.5) is 0 Å². The average Bonchev–Trinajstić information content (AvgIpc) is 2.17. The number of halogens is 1. The van der Waals surface area contributed by atoms with Crippen LogP contribution in [0, 0.1) is 6.92 Å². The number of hydrogen-bond donors (Lipinski definition) is 0. The van der Waals surface area contributed by atoms with Gasteiger partial charge in [-0.3, -0.25) is 0 Å². The first-order valence-electron chi connectivity index (χ1n) is 5.03. The molecule has 0 N–H and O–H groups in total. The first-order chi connectivity index (χ1) is 7.30. The summed E-state index contributed by atoms with van der Waals surface area (Å²) in [6.07, 6.45) is 1.63. The van der Waals surface area contributed by atoms with Crippen LogP contribution in [0.25, 0.3) is 0 Å². The molecule has 2 nitrogen and oxygen atoms in total. The van der Waals surface area contributed by atoms with Crippen LogP contribution in [0.2, 0.25) is 5.02 Å². The van der Waals surface area contributed by atoms with Crippen molar-refractivity contribution in [1.29, 1.82) is 0 Å². The van der Waals surface area contributed by atoms with E-state index in [1.54, 1.807) is 6.21 Å². The lowest BCUT2D eigenvalue weighted by atomic mass is 10.1. The van der Waals surface area contributed by atoms with Gasteiger partial charge in [0.1, 0.15) is 11.0 Å². The third-order valence-corrected chi connectivity index (χ3v) is 3.63. The highest BCUT2D eigenvalue weighted by molar-refractivity contribution is 7.85. The lowest BCUT2D eigenvalue weighted by Gasteiger charge is -2.12. The molecule has 16 heavy (non-hydrogen) atoms. The molecule has 0 spiro atoms. The van der Waals surface area contributed by atoms with Crippen LogP contribution in [0.3, 0.4) is 0 Å². The summed E-state index contributed by atoms with van der Waals surface area (Å²) in [4.78, 5) is 0. The van der Waals surface area contributed by atoms with Gasteiger partial charge in [-0.05, 0) is 51.0 Å². The molecule has 0 saturated carbocycles. The Hall–Kier alpha value is -0.670. The van der Waals surface area contributed by atoms with E-state index in [4.69, 9.17) is 11.6 Å². The van der Waals surface area contributed by atoms with E-state index >= 15 is 0 Å². The summed E-state index contributed by atoms with van der Waals surface area (Å²) in [5, 5.41) is 0.661. The van der Waals surface area contributed by atoms with Crippen molar-refractivity contribution in [3.8, 4) is 0 Å². The minimum absolute atomic E-state index is 0.330. The lowest BCUT2D eigenvalue weighted by molar-refractivity contribution is 0.651. The Morgan fingerprint density at radius 1 is 1.38 bits per heavy atom. The number of hydrogen-bond acceptors (Lipinski definition) is 1. The van der Waals surface area contributed by atoms with Crippen molar-refractivity contribution in [2.45, 2.75) is 32.4 Å². The van der Waals surface area contributed by atoms with Crippen LogP contribution in [-0.2, 0) is 11.0 Å². The summed E-state index contributed by atoms with van der Waals surface area (Å²) >= 11 is 5.88. The van der Waals surface area contributed by atoms with Gasteiger partial charge in [-0.25, -0.2) is 4.21 Å². The maximum absolute atomic E-state index is 11.7. The quantitative estimate of drug-likeness (QED) is 0.746. The van der Waals surface area contributed by atoms with Gasteiger partial charge < -0.3 is 0 Å². The molecule has 1 aromatic rings. The van der Waals surface area contributed by atoms with Gasteiger partial charge in [0.15, 0.2) is 0 Å². The largest absolute Gasteiger partial charge is 0.234 e. The smallest absolute Gasteiger partial charge is 0.144 e. The fourth-order valence-corrected chi connectivity index (χ4v) is 1.72. The van der Waals surface area contributed by atoms with Gasteiger partial charge in [-0.15, -0.1) is 0 Å². The Labute approximate surface area is 104 Å². The second-order valence-electron chi connectivity index (χ2n) is 4.60. The van der Waals surface area contributed by atoms with E-state index in [2.05, 4.69) is 4.40 Å². The second kappa shape index (κ2) is 5.11. The van der Waals surface area contributed by atoms with E-state index in [1.165, 1.54) is 0 Å². The summed E-state index contributed by atoms with van der Waals surface area (Å²) < 4.78 is 15.4. The van der Waals surface area contributed by atoms with E-state index in [-0.39, 0.29) is 4.75 Å². The third kappa shape index (κ3) is 3.72. The normalized spacial score (nSPS) is 14.3. The number of nitrogens with zero attached hydrogens (tertiary/aromatic N) is 1. The Morgan fingerprint density at radius 2 is 2.00 bits per heavy atom. The van der Waals surface area contributed by atoms with Crippen molar-refractivity contribution in [3.63, 3.8) is 0 Å². The summed E-state index contributed by atoms with van der Waals surface area (Å²) in [6.45, 7) is 7.65.